The minimum absolute atomic E-state index is 0.0455. The Labute approximate surface area is 95.8 Å². The van der Waals surface area contributed by atoms with Crippen LogP contribution in [0.5, 0.6) is 0 Å². The van der Waals surface area contributed by atoms with Crippen molar-refractivity contribution >= 4 is 24.2 Å². The Morgan fingerprint density at radius 2 is 2.07 bits per heavy atom. The van der Waals surface area contributed by atoms with E-state index in [0.717, 1.165) is 4.68 Å². The highest BCUT2D eigenvalue weighted by Gasteiger charge is 2.38. The predicted molar refractivity (Wildman–Crippen MR) is 55.4 cm³/mol. The number of thiol groups is 1. The molecule has 15 heavy (non-hydrogen) atoms. The highest BCUT2D eigenvalue weighted by molar-refractivity contribution is 7.80. The Hall–Kier alpha value is -0.360. The van der Waals surface area contributed by atoms with Gasteiger partial charge in [-0.05, 0) is 18.6 Å². The van der Waals surface area contributed by atoms with Crippen molar-refractivity contribution in [3.63, 3.8) is 0 Å². The number of rotatable bonds is 3. The van der Waals surface area contributed by atoms with Crippen molar-refractivity contribution in [2.24, 2.45) is 7.05 Å². The quantitative estimate of drug-likeness (QED) is 0.826. The average molecular weight is 259 g/mol. The van der Waals surface area contributed by atoms with Gasteiger partial charge in [0.15, 0.2) is 5.69 Å². The molecule has 1 aromatic rings. The molecule has 0 spiro atoms. The maximum absolute atomic E-state index is 12.5. The Kier molecular flexibility index (Phi) is 3.94. The van der Waals surface area contributed by atoms with E-state index in [4.69, 9.17) is 11.6 Å². The Balaban J connectivity index is 3.10. The summed E-state index contributed by atoms with van der Waals surface area (Å²) in [7, 11) is 1.39. The van der Waals surface area contributed by atoms with E-state index in [1.807, 2.05) is 0 Å². The van der Waals surface area contributed by atoms with Gasteiger partial charge in [-0.25, -0.2) is 0 Å². The van der Waals surface area contributed by atoms with Crippen LogP contribution in [0.25, 0.3) is 0 Å². The molecule has 2 nitrogen and oxygen atoms in total. The molecule has 0 saturated carbocycles. The lowest BCUT2D eigenvalue weighted by Crippen LogP contribution is -2.09. The molecule has 0 amide bonds. The zero-order chi connectivity index (χ0) is 11.6. The summed E-state index contributed by atoms with van der Waals surface area (Å²) in [4.78, 5) is 0. The first-order valence-corrected chi connectivity index (χ1v) is 5.28. The molecule has 0 aliphatic rings. The smallest absolute Gasteiger partial charge is 0.256 e. The fraction of sp³-hybridized carbons (Fsp3) is 0.625. The monoisotopic (exact) mass is 258 g/mol. The van der Waals surface area contributed by atoms with E-state index < -0.39 is 11.9 Å². The van der Waals surface area contributed by atoms with Crippen LogP contribution < -0.4 is 0 Å². The molecule has 0 aliphatic heterocycles. The summed E-state index contributed by atoms with van der Waals surface area (Å²) in [6.07, 6.45) is -3.67. The molecule has 0 aromatic carbocycles. The van der Waals surface area contributed by atoms with Crippen LogP contribution in [0.3, 0.4) is 0 Å². The van der Waals surface area contributed by atoms with Gasteiger partial charge in [0.2, 0.25) is 0 Å². The van der Waals surface area contributed by atoms with E-state index in [9.17, 15) is 13.2 Å². The molecule has 1 aromatic heterocycles. The van der Waals surface area contributed by atoms with Gasteiger partial charge >= 0.3 is 6.18 Å². The number of hydrogen-bond acceptors (Lipinski definition) is 2. The molecule has 0 fully saturated rings. The largest absolute Gasteiger partial charge is 0.435 e. The highest BCUT2D eigenvalue weighted by atomic mass is 35.5. The summed E-state index contributed by atoms with van der Waals surface area (Å²) in [5, 5.41) is 3.41. The Morgan fingerprint density at radius 3 is 2.53 bits per heavy atom. The van der Waals surface area contributed by atoms with E-state index >= 15 is 0 Å². The van der Waals surface area contributed by atoms with Gasteiger partial charge in [0.25, 0.3) is 0 Å². The van der Waals surface area contributed by atoms with E-state index in [1.165, 1.54) is 7.05 Å². The normalized spacial score (nSPS) is 12.1. The van der Waals surface area contributed by atoms with Crippen LogP contribution in [-0.2, 0) is 19.6 Å². The number of alkyl halides is 3. The first-order valence-electron chi connectivity index (χ1n) is 4.27. The van der Waals surface area contributed by atoms with E-state index in [1.54, 1.807) is 0 Å². The Morgan fingerprint density at radius 1 is 1.47 bits per heavy atom. The van der Waals surface area contributed by atoms with Crippen molar-refractivity contribution in [3.8, 4) is 0 Å². The SMILES string of the molecule is Cn1nc(C(F)(F)F)c(CCCS)c1Cl. The molecule has 0 atom stereocenters. The number of nitrogens with zero attached hydrogens (tertiary/aromatic N) is 2. The van der Waals surface area contributed by atoms with Crippen molar-refractivity contribution in [1.29, 1.82) is 0 Å². The second-order valence-corrected chi connectivity index (χ2v) is 3.87. The summed E-state index contributed by atoms with van der Waals surface area (Å²) in [6.45, 7) is 0. The van der Waals surface area contributed by atoms with Gasteiger partial charge < -0.3 is 0 Å². The number of hydrogen-bond donors (Lipinski definition) is 1. The second-order valence-electron chi connectivity index (χ2n) is 3.07. The lowest BCUT2D eigenvalue weighted by Gasteiger charge is -2.05. The summed E-state index contributed by atoms with van der Waals surface area (Å²) in [6, 6.07) is 0. The Bertz CT molecular complexity index is 348. The first kappa shape index (κ1) is 12.7. The third-order valence-electron chi connectivity index (χ3n) is 1.92. The van der Waals surface area contributed by atoms with Gasteiger partial charge in [-0.15, -0.1) is 0 Å². The van der Waals surface area contributed by atoms with E-state index in [2.05, 4.69) is 17.7 Å². The second kappa shape index (κ2) is 4.65. The van der Waals surface area contributed by atoms with Crippen LogP contribution in [0.4, 0.5) is 13.2 Å². The molecule has 0 aliphatic carbocycles. The van der Waals surface area contributed by atoms with Gasteiger partial charge in [0.1, 0.15) is 5.15 Å². The van der Waals surface area contributed by atoms with Gasteiger partial charge in [-0.3, -0.25) is 4.68 Å². The molecule has 0 N–H and O–H groups in total. The summed E-state index contributed by atoms with van der Waals surface area (Å²) in [5.74, 6) is 0.516. The van der Waals surface area contributed by atoms with E-state index in [-0.39, 0.29) is 17.1 Å². The topological polar surface area (TPSA) is 17.8 Å². The molecule has 1 heterocycles. The lowest BCUT2D eigenvalue weighted by atomic mass is 10.1. The van der Waals surface area contributed by atoms with Crippen molar-refractivity contribution in [3.05, 3.63) is 16.4 Å². The molecule has 0 bridgehead atoms. The highest BCUT2D eigenvalue weighted by Crippen LogP contribution is 2.34. The van der Waals surface area contributed by atoms with Crippen LogP contribution in [0.2, 0.25) is 5.15 Å². The molecule has 7 heteroatoms. The van der Waals surface area contributed by atoms with Crippen molar-refractivity contribution < 1.29 is 13.2 Å². The van der Waals surface area contributed by atoms with Crippen LogP contribution in [0, 0.1) is 0 Å². The van der Waals surface area contributed by atoms with Gasteiger partial charge in [-0.2, -0.15) is 30.9 Å². The first-order chi connectivity index (χ1) is 6.88. The molecule has 0 saturated heterocycles. The number of aryl methyl sites for hydroxylation is 1. The van der Waals surface area contributed by atoms with Gasteiger partial charge in [0, 0.05) is 12.6 Å². The van der Waals surface area contributed by atoms with Crippen LogP contribution in [-0.4, -0.2) is 15.5 Å². The molecule has 0 unspecified atom stereocenters. The van der Waals surface area contributed by atoms with Crippen LogP contribution in [0.15, 0.2) is 0 Å². The van der Waals surface area contributed by atoms with Gasteiger partial charge in [-0.1, -0.05) is 11.6 Å². The third-order valence-corrected chi connectivity index (χ3v) is 2.71. The zero-order valence-electron chi connectivity index (χ0n) is 7.97. The standard InChI is InChI=1S/C8H10ClF3N2S/c1-14-7(9)5(3-2-4-15)6(13-14)8(10,11)12/h15H,2-4H2,1H3. The van der Waals surface area contributed by atoms with Gasteiger partial charge in [0.05, 0.1) is 0 Å². The van der Waals surface area contributed by atoms with Crippen molar-refractivity contribution in [1.82, 2.24) is 9.78 Å². The molecule has 0 radical (unpaired) electrons. The maximum Gasteiger partial charge on any atom is 0.435 e. The average Bonchev–Trinajstić information content (AvgIpc) is 2.40. The molecule has 86 valence electrons. The maximum atomic E-state index is 12.5. The fourth-order valence-electron chi connectivity index (χ4n) is 1.25. The minimum Gasteiger partial charge on any atom is -0.256 e. The summed E-state index contributed by atoms with van der Waals surface area (Å²) < 4.78 is 38.6. The van der Waals surface area contributed by atoms with E-state index in [0.29, 0.717) is 12.2 Å². The zero-order valence-corrected chi connectivity index (χ0v) is 9.63. The molecular formula is C8H10ClF3N2S. The lowest BCUT2D eigenvalue weighted by molar-refractivity contribution is -0.142. The summed E-state index contributed by atoms with van der Waals surface area (Å²) >= 11 is 9.68. The molecule has 1 rings (SSSR count). The van der Waals surface area contributed by atoms with Crippen molar-refractivity contribution in [2.45, 2.75) is 19.0 Å². The third kappa shape index (κ3) is 2.81. The number of halogens is 4. The fourth-order valence-corrected chi connectivity index (χ4v) is 1.63. The minimum atomic E-state index is -4.45. The van der Waals surface area contributed by atoms with Crippen LogP contribution >= 0.6 is 24.2 Å². The van der Waals surface area contributed by atoms with Crippen LogP contribution in [0.1, 0.15) is 17.7 Å². The number of aromatic nitrogens is 2. The molecular weight excluding hydrogens is 249 g/mol. The summed E-state index contributed by atoms with van der Waals surface area (Å²) in [5.41, 5.74) is -0.836. The van der Waals surface area contributed by atoms with Crippen molar-refractivity contribution in [2.75, 3.05) is 5.75 Å². The predicted octanol–water partition coefficient (Wildman–Crippen LogP) is 2.95.